The van der Waals surface area contributed by atoms with Crippen molar-refractivity contribution >= 4 is 5.97 Å². The standard InChI is InChI=1S/C19H20O3/c1-12-8-13(2)10-16(9-12)22-15-6-4-14(5-7-15)17-11-18(17)19(20)21-3/h4-10,17-18H,11H2,1-3H3. The lowest BCUT2D eigenvalue weighted by atomic mass is 10.1. The summed E-state index contributed by atoms with van der Waals surface area (Å²) in [6.45, 7) is 4.12. The van der Waals surface area contributed by atoms with Gasteiger partial charge in [-0.05, 0) is 67.1 Å². The molecule has 1 fully saturated rings. The van der Waals surface area contributed by atoms with Crippen LogP contribution < -0.4 is 4.74 Å². The number of carbonyl (C=O) groups is 1. The largest absolute Gasteiger partial charge is 0.469 e. The molecule has 3 nitrogen and oxygen atoms in total. The van der Waals surface area contributed by atoms with E-state index in [0.29, 0.717) is 5.92 Å². The number of rotatable bonds is 4. The number of esters is 1. The predicted molar refractivity (Wildman–Crippen MR) is 85.3 cm³/mol. The molecule has 1 aliphatic rings. The van der Waals surface area contributed by atoms with Crippen molar-refractivity contribution in [3.63, 3.8) is 0 Å². The molecule has 2 unspecified atom stereocenters. The fourth-order valence-corrected chi connectivity index (χ4v) is 2.89. The Balaban J connectivity index is 1.69. The second-order valence-electron chi connectivity index (χ2n) is 5.97. The summed E-state index contributed by atoms with van der Waals surface area (Å²) in [6.07, 6.45) is 0.879. The molecule has 0 bridgehead atoms. The molecule has 2 aromatic carbocycles. The van der Waals surface area contributed by atoms with Crippen molar-refractivity contribution in [3.05, 3.63) is 59.2 Å². The Kier molecular flexibility index (Phi) is 3.88. The minimum absolute atomic E-state index is 0.0243. The third-order valence-electron chi connectivity index (χ3n) is 4.03. The number of methoxy groups -OCH3 is 1. The number of aryl methyl sites for hydroxylation is 2. The zero-order chi connectivity index (χ0) is 15.7. The Labute approximate surface area is 130 Å². The van der Waals surface area contributed by atoms with E-state index in [9.17, 15) is 4.79 Å². The highest BCUT2D eigenvalue weighted by atomic mass is 16.5. The maximum absolute atomic E-state index is 11.5. The minimum Gasteiger partial charge on any atom is -0.469 e. The minimum atomic E-state index is -0.111. The molecule has 1 aliphatic carbocycles. The fraction of sp³-hybridized carbons (Fsp3) is 0.316. The summed E-state index contributed by atoms with van der Waals surface area (Å²) in [7, 11) is 1.44. The third kappa shape index (κ3) is 3.14. The van der Waals surface area contributed by atoms with Gasteiger partial charge in [-0.25, -0.2) is 0 Å². The summed E-state index contributed by atoms with van der Waals surface area (Å²) in [5, 5.41) is 0. The number of hydrogen-bond acceptors (Lipinski definition) is 3. The SMILES string of the molecule is COC(=O)C1CC1c1ccc(Oc2cc(C)cc(C)c2)cc1. The molecule has 2 aromatic rings. The van der Waals surface area contributed by atoms with Gasteiger partial charge in [0.1, 0.15) is 11.5 Å². The first-order valence-electron chi connectivity index (χ1n) is 7.51. The molecule has 0 amide bonds. The van der Waals surface area contributed by atoms with Crippen molar-refractivity contribution in [2.45, 2.75) is 26.2 Å². The third-order valence-corrected chi connectivity index (χ3v) is 4.03. The second kappa shape index (κ2) is 5.84. The normalized spacial score (nSPS) is 19.6. The highest BCUT2D eigenvalue weighted by molar-refractivity contribution is 5.77. The molecule has 1 saturated carbocycles. The molecule has 0 aliphatic heterocycles. The van der Waals surface area contributed by atoms with Crippen LogP contribution in [0.4, 0.5) is 0 Å². The van der Waals surface area contributed by atoms with Gasteiger partial charge in [-0.15, -0.1) is 0 Å². The van der Waals surface area contributed by atoms with Crippen LogP contribution >= 0.6 is 0 Å². The van der Waals surface area contributed by atoms with E-state index in [-0.39, 0.29) is 11.9 Å². The molecule has 0 N–H and O–H groups in total. The molecule has 2 atom stereocenters. The van der Waals surface area contributed by atoms with Gasteiger partial charge in [0.15, 0.2) is 0 Å². The molecular weight excluding hydrogens is 276 g/mol. The zero-order valence-electron chi connectivity index (χ0n) is 13.1. The van der Waals surface area contributed by atoms with Crippen molar-refractivity contribution in [3.8, 4) is 11.5 Å². The van der Waals surface area contributed by atoms with Gasteiger partial charge in [0.2, 0.25) is 0 Å². The van der Waals surface area contributed by atoms with E-state index in [4.69, 9.17) is 9.47 Å². The average Bonchev–Trinajstić information content (AvgIpc) is 3.26. The summed E-state index contributed by atoms with van der Waals surface area (Å²) in [5.74, 6) is 1.87. The van der Waals surface area contributed by atoms with Gasteiger partial charge >= 0.3 is 5.97 Å². The zero-order valence-corrected chi connectivity index (χ0v) is 13.1. The van der Waals surface area contributed by atoms with Gasteiger partial charge in [0.25, 0.3) is 0 Å². The van der Waals surface area contributed by atoms with Crippen molar-refractivity contribution in [1.29, 1.82) is 0 Å². The van der Waals surface area contributed by atoms with Crippen LogP contribution in [0.2, 0.25) is 0 Å². The first-order chi connectivity index (χ1) is 10.6. The second-order valence-corrected chi connectivity index (χ2v) is 5.97. The van der Waals surface area contributed by atoms with E-state index in [2.05, 4.69) is 19.9 Å². The van der Waals surface area contributed by atoms with Crippen LogP contribution in [0.15, 0.2) is 42.5 Å². The Morgan fingerprint density at radius 1 is 1.00 bits per heavy atom. The maximum Gasteiger partial charge on any atom is 0.309 e. The molecule has 3 rings (SSSR count). The molecule has 114 valence electrons. The van der Waals surface area contributed by atoms with Crippen molar-refractivity contribution in [2.24, 2.45) is 5.92 Å². The molecule has 3 heteroatoms. The Hall–Kier alpha value is -2.29. The van der Waals surface area contributed by atoms with Gasteiger partial charge in [-0.2, -0.15) is 0 Å². The maximum atomic E-state index is 11.5. The van der Waals surface area contributed by atoms with Crippen LogP contribution in [0.3, 0.4) is 0 Å². The fourth-order valence-electron chi connectivity index (χ4n) is 2.89. The van der Waals surface area contributed by atoms with Gasteiger partial charge in [0, 0.05) is 0 Å². The predicted octanol–water partition coefficient (Wildman–Crippen LogP) is 4.37. The first kappa shape index (κ1) is 14.6. The van der Waals surface area contributed by atoms with Gasteiger partial charge in [-0.3, -0.25) is 4.79 Å². The van der Waals surface area contributed by atoms with E-state index in [0.717, 1.165) is 17.9 Å². The Morgan fingerprint density at radius 3 is 2.23 bits per heavy atom. The highest BCUT2D eigenvalue weighted by Gasteiger charge is 2.44. The van der Waals surface area contributed by atoms with Crippen molar-refractivity contribution < 1.29 is 14.3 Å². The van der Waals surface area contributed by atoms with E-state index in [1.54, 1.807) is 0 Å². The Bertz CT molecular complexity index is 668. The highest BCUT2D eigenvalue weighted by Crippen LogP contribution is 2.48. The van der Waals surface area contributed by atoms with E-state index >= 15 is 0 Å². The van der Waals surface area contributed by atoms with Crippen LogP contribution in [0.25, 0.3) is 0 Å². The average molecular weight is 296 g/mol. The summed E-state index contributed by atoms with van der Waals surface area (Å²) in [6, 6.07) is 14.1. The lowest BCUT2D eigenvalue weighted by molar-refractivity contribution is -0.142. The summed E-state index contributed by atoms with van der Waals surface area (Å²) < 4.78 is 10.7. The van der Waals surface area contributed by atoms with Crippen LogP contribution in [0.5, 0.6) is 11.5 Å². The van der Waals surface area contributed by atoms with Crippen LogP contribution in [0.1, 0.15) is 29.0 Å². The molecule has 0 saturated heterocycles. The van der Waals surface area contributed by atoms with Crippen molar-refractivity contribution in [1.82, 2.24) is 0 Å². The quantitative estimate of drug-likeness (QED) is 0.786. The first-order valence-corrected chi connectivity index (χ1v) is 7.51. The molecule has 0 heterocycles. The topological polar surface area (TPSA) is 35.5 Å². The van der Waals surface area contributed by atoms with Crippen molar-refractivity contribution in [2.75, 3.05) is 7.11 Å². The number of carbonyl (C=O) groups excluding carboxylic acids is 1. The molecule has 0 radical (unpaired) electrons. The lowest BCUT2D eigenvalue weighted by Crippen LogP contribution is -2.03. The number of hydrogen-bond donors (Lipinski definition) is 0. The van der Waals surface area contributed by atoms with Crippen LogP contribution in [0, 0.1) is 19.8 Å². The summed E-state index contributed by atoms with van der Waals surface area (Å²) >= 11 is 0. The lowest BCUT2D eigenvalue weighted by Gasteiger charge is -2.08. The molecule has 0 spiro atoms. The summed E-state index contributed by atoms with van der Waals surface area (Å²) in [4.78, 5) is 11.5. The Morgan fingerprint density at radius 2 is 1.64 bits per heavy atom. The van der Waals surface area contributed by atoms with Gasteiger partial charge in [0.05, 0.1) is 13.0 Å². The number of ether oxygens (including phenoxy) is 2. The van der Waals surface area contributed by atoms with Crippen LogP contribution in [-0.4, -0.2) is 13.1 Å². The van der Waals surface area contributed by atoms with E-state index in [1.807, 2.05) is 36.4 Å². The molecular formula is C19H20O3. The van der Waals surface area contributed by atoms with Gasteiger partial charge in [-0.1, -0.05) is 18.2 Å². The number of benzene rings is 2. The summed E-state index contributed by atoms with van der Waals surface area (Å²) in [5.41, 5.74) is 3.54. The molecule has 0 aromatic heterocycles. The van der Waals surface area contributed by atoms with Gasteiger partial charge < -0.3 is 9.47 Å². The molecule has 22 heavy (non-hydrogen) atoms. The van der Waals surface area contributed by atoms with Crippen LogP contribution in [-0.2, 0) is 9.53 Å². The smallest absolute Gasteiger partial charge is 0.309 e. The monoisotopic (exact) mass is 296 g/mol. The van der Waals surface area contributed by atoms with E-state index in [1.165, 1.54) is 23.8 Å². The van der Waals surface area contributed by atoms with E-state index < -0.39 is 0 Å².